The number of aromatic nitrogens is 10. The highest BCUT2D eigenvalue weighted by atomic mass is 32.1. The predicted octanol–water partition coefficient (Wildman–Crippen LogP) is 4.46. The molecular formula is C64H95N19O25S. The van der Waals surface area contributed by atoms with Gasteiger partial charge in [-0.05, 0) is 129 Å². The lowest BCUT2D eigenvalue weighted by molar-refractivity contribution is -0.132. The number of phenols is 4. The summed E-state index contributed by atoms with van der Waals surface area (Å²) in [7, 11) is 0. The molecule has 45 heteroatoms. The number of hydrogen-bond acceptors (Lipinski definition) is 43. The number of phenolic OH excluding ortho intramolecular Hbond substituents is 4. The molecule has 3 atom stereocenters. The number of piperidine rings is 1. The number of aromatic hydroxyl groups is 4. The topological polar surface area (TPSA) is 676 Å². The van der Waals surface area contributed by atoms with Crippen molar-refractivity contribution in [3.05, 3.63) is 104 Å². The van der Waals surface area contributed by atoms with Crippen molar-refractivity contribution in [2.45, 2.75) is 130 Å². The maximum absolute atomic E-state index is 11.5. The van der Waals surface area contributed by atoms with E-state index < -0.39 is 45.7 Å². The Morgan fingerprint density at radius 1 is 0.569 bits per heavy atom. The number of nitrogens with one attached hydrogen (secondary N) is 6. The SMILES string of the molecule is CC1(O)CC(N2CCCCC2)=C(O)C1=O.CC1(O)CC(N2CCOCC2)=C(O)C1=O.CCN(CC)C1=C(O)C(=O)C(C)(O)C1.CCN(CC)c1nc(NO)nc(NO)n1.Cc1cc(O)c(C)cc1O.O=C/C(O)=C/O.O=C1CCC(O)=C1O.ONc1nc(NO)nc(NO)n1.Oc1ccc(O)c(-n2[nH]nnc2=S)c1. The lowest BCUT2D eigenvalue weighted by Crippen LogP contribution is -2.36. The summed E-state index contributed by atoms with van der Waals surface area (Å²) < 4.78 is 6.63. The molecule has 0 saturated carbocycles. The summed E-state index contributed by atoms with van der Waals surface area (Å²) in [5.74, 6) is -4.01. The van der Waals surface area contributed by atoms with Gasteiger partial charge in [-0.3, -0.25) is 50.0 Å². The van der Waals surface area contributed by atoms with E-state index in [4.69, 9.17) is 73.6 Å². The lowest BCUT2D eigenvalue weighted by Gasteiger charge is -2.30. The number of allylic oxidation sites excluding steroid dienone is 3. The number of carbonyl (C=O) groups is 5. The molecule has 0 radical (unpaired) electrons. The fourth-order valence-corrected chi connectivity index (χ4v) is 10.3. The molecule has 0 bridgehead atoms. The van der Waals surface area contributed by atoms with Crippen LogP contribution in [-0.2, 0) is 28.7 Å². The number of Topliss-reactive ketones (excluding diaryl/α,β-unsaturated/α-hetero) is 4. The highest BCUT2D eigenvalue weighted by Crippen LogP contribution is 2.36. The van der Waals surface area contributed by atoms with Crippen LogP contribution in [0.4, 0.5) is 35.7 Å². The average Bonchev–Trinajstić information content (AvgIpc) is 1.66. The van der Waals surface area contributed by atoms with Crippen molar-refractivity contribution in [1.82, 2.24) is 64.8 Å². The van der Waals surface area contributed by atoms with Crippen molar-refractivity contribution in [2.24, 2.45) is 0 Å². The number of nitrogens with zero attached hydrogens (tertiary/aromatic N) is 13. The molecule has 2 saturated heterocycles. The number of aromatic amines is 1. The Bertz CT molecular complexity index is 3920. The molecule has 11 rings (SSSR count). The van der Waals surface area contributed by atoms with Gasteiger partial charge in [0, 0.05) is 90.5 Å². The number of aliphatic hydroxyl groups excluding tert-OH is 7. The van der Waals surface area contributed by atoms with Gasteiger partial charge in [0.15, 0.2) is 35.1 Å². The zero-order chi connectivity index (χ0) is 82.3. The van der Waals surface area contributed by atoms with E-state index in [1.807, 2.05) is 47.3 Å². The molecule has 44 nitrogen and oxygen atoms in total. The number of ketones is 4. The number of aryl methyl sites for hydroxylation is 2. The molecule has 2 aliphatic heterocycles. The molecule has 0 spiro atoms. The molecule has 5 aromatic rings. The van der Waals surface area contributed by atoms with Crippen LogP contribution in [0.25, 0.3) is 5.69 Å². The molecule has 3 unspecified atom stereocenters. The molecule has 2 aromatic carbocycles. The van der Waals surface area contributed by atoms with Crippen molar-refractivity contribution < 1.29 is 126 Å². The van der Waals surface area contributed by atoms with E-state index in [2.05, 4.69) is 45.4 Å². The number of H-pyrrole nitrogens is 1. The first-order valence-electron chi connectivity index (χ1n) is 33.2. The number of aldehydes is 1. The summed E-state index contributed by atoms with van der Waals surface area (Å²) >= 11 is 4.84. The minimum Gasteiger partial charge on any atom is -0.512 e. The Morgan fingerprint density at radius 2 is 0.982 bits per heavy atom. The standard InChI is InChI=1S/C11H17NO3.C10H15NO4.C10H17NO3.C8H10O2.C7H14N6O2.C7H6N4O2S.C5H6O3.C3H6N6O3.C3H4O3/c1-11(15)7-8(9(13)10(11)14)12-5-3-2-4-6-12;1-10(14)6-7(8(12)9(10)13)11-2-4-15-5-3-11;1-4-11(5-2)7-6-10(3,14)9(13)8(7)12;1-5-3-8(10)6(2)4-7(5)9;1-3-13(4-2)7-9-5(11-14)8-6(10-7)12-15;12-4-1-2-6(13)5(3-4)11-7(14)8-9-10-11;6-3-1-2-4(7)5(3)8;10-7-1-4-2(8-11)6-3(5-1)9-12;4-1-3(6)2-5/h13,15H,2-7H2,1H3;12,14H,2-6H2,1H3;12,14H,4-6H2,1-3H3;3-4,9-10H,1-2H3;14-15H,3-4H2,1-2H3,(H2,8,9,10,11,12);1-3,12-13H,(H,8,10,14);6,8H,1-2H2;10-12H,(H3,4,5,6,7,8,9);1-2,4,6H/b;;;;;;;;3-1-. The third-order valence-corrected chi connectivity index (χ3v) is 16.4. The van der Waals surface area contributed by atoms with Crippen LogP contribution in [0.2, 0.25) is 0 Å². The van der Waals surface area contributed by atoms with Gasteiger partial charge in [-0.15, -0.1) is 0 Å². The Labute approximate surface area is 627 Å². The number of rotatable bonds is 15. The van der Waals surface area contributed by atoms with Crippen LogP contribution in [-0.4, -0.2) is 274 Å². The van der Waals surface area contributed by atoms with Gasteiger partial charge < -0.3 is 95.8 Å². The fraction of sp³-hybridized carbons (Fsp3) is 0.469. The normalized spacial score (nSPS) is 19.2. The number of aliphatic hydroxyl groups is 10. The molecule has 3 aromatic heterocycles. The minimum absolute atomic E-state index is 0.0225. The summed E-state index contributed by atoms with van der Waals surface area (Å²) in [6, 6.07) is 7.17. The molecule has 5 heterocycles. The number of likely N-dealkylation sites (tertiary alicyclic amines) is 1. The molecule has 109 heavy (non-hydrogen) atoms. The van der Waals surface area contributed by atoms with Gasteiger partial charge in [0.25, 0.3) is 29.7 Å². The molecule has 2 fully saturated rings. The van der Waals surface area contributed by atoms with Gasteiger partial charge in [0.1, 0.15) is 57.5 Å². The van der Waals surface area contributed by atoms with E-state index in [1.165, 1.54) is 50.1 Å². The second-order valence-corrected chi connectivity index (χ2v) is 24.6. The summed E-state index contributed by atoms with van der Waals surface area (Å²) in [5.41, 5.74) is 7.60. The van der Waals surface area contributed by atoms with E-state index >= 15 is 0 Å². The second kappa shape index (κ2) is 43.3. The number of carbonyl (C=O) groups excluding carboxylic acids is 5. The van der Waals surface area contributed by atoms with Crippen LogP contribution in [0, 0.1) is 18.6 Å². The Kier molecular flexibility index (Phi) is 36.4. The first-order chi connectivity index (χ1) is 51.3. The fourth-order valence-electron chi connectivity index (χ4n) is 10.1. The summed E-state index contributed by atoms with van der Waals surface area (Å²) in [6.07, 6.45) is 5.04. The molecule has 0 amide bonds. The van der Waals surface area contributed by atoms with Crippen molar-refractivity contribution in [1.29, 1.82) is 0 Å². The molecule has 6 aliphatic rings. The maximum Gasteiger partial charge on any atom is 0.253 e. The van der Waals surface area contributed by atoms with Gasteiger partial charge in [-0.1, -0.05) is 10.3 Å². The summed E-state index contributed by atoms with van der Waals surface area (Å²) in [4.78, 5) is 83.4. The Morgan fingerprint density at radius 3 is 1.29 bits per heavy atom. The zero-order valence-electron chi connectivity index (χ0n) is 60.9. The molecule has 4 aliphatic carbocycles. The number of ether oxygens (including phenoxy) is 1. The third kappa shape index (κ3) is 26.7. The highest BCUT2D eigenvalue weighted by molar-refractivity contribution is 7.71. The third-order valence-electron chi connectivity index (χ3n) is 16.1. The van der Waals surface area contributed by atoms with Crippen LogP contribution < -0.4 is 32.3 Å². The molecular weight excluding hydrogens is 1470 g/mol. The van der Waals surface area contributed by atoms with E-state index in [0.29, 0.717) is 78.8 Å². The Hall–Kier alpha value is -11.6. The molecule has 602 valence electrons. The van der Waals surface area contributed by atoms with Crippen LogP contribution in [0.15, 0.2) is 88.2 Å². The summed E-state index contributed by atoms with van der Waals surface area (Å²) in [5, 5.41) is 180. The van der Waals surface area contributed by atoms with E-state index in [1.54, 1.807) is 53.4 Å². The van der Waals surface area contributed by atoms with Gasteiger partial charge in [0.05, 0.1) is 30.3 Å². The van der Waals surface area contributed by atoms with E-state index in [-0.39, 0.29) is 118 Å². The first-order valence-corrected chi connectivity index (χ1v) is 33.6. The largest absolute Gasteiger partial charge is 0.512 e. The van der Waals surface area contributed by atoms with Gasteiger partial charge in [-0.2, -0.15) is 35.1 Å². The average molecular weight is 1560 g/mol. The smallest absolute Gasteiger partial charge is 0.253 e. The van der Waals surface area contributed by atoms with Crippen molar-refractivity contribution in [3.63, 3.8) is 0 Å². The number of benzene rings is 2. The second-order valence-electron chi connectivity index (χ2n) is 24.3. The van der Waals surface area contributed by atoms with Crippen LogP contribution in [0.3, 0.4) is 0 Å². The van der Waals surface area contributed by atoms with Gasteiger partial charge in [-0.25, -0.2) is 32.1 Å². The van der Waals surface area contributed by atoms with E-state index in [9.17, 15) is 64.8 Å². The number of morpholine rings is 1. The van der Waals surface area contributed by atoms with Crippen molar-refractivity contribution >= 4 is 77.3 Å². The highest BCUT2D eigenvalue weighted by Gasteiger charge is 2.46. The first kappa shape index (κ1) is 91.6. The number of tetrazole rings is 1. The van der Waals surface area contributed by atoms with Crippen LogP contribution >= 0.6 is 12.2 Å². The lowest BCUT2D eigenvalue weighted by atomic mass is 10.0. The van der Waals surface area contributed by atoms with Crippen molar-refractivity contribution in [3.8, 4) is 28.7 Å². The van der Waals surface area contributed by atoms with Crippen molar-refractivity contribution in [2.75, 3.05) is 97.9 Å². The maximum atomic E-state index is 11.5. The molecule has 25 N–H and O–H groups in total. The van der Waals surface area contributed by atoms with E-state index in [0.717, 1.165) is 52.1 Å². The van der Waals surface area contributed by atoms with Crippen LogP contribution in [0.1, 0.15) is 111 Å². The zero-order valence-corrected chi connectivity index (χ0v) is 61.8. The van der Waals surface area contributed by atoms with Gasteiger partial charge in [0.2, 0.25) is 33.9 Å². The Balaban J connectivity index is 0.000000321. The summed E-state index contributed by atoms with van der Waals surface area (Å²) in [6.45, 7) is 22.7. The van der Waals surface area contributed by atoms with Gasteiger partial charge >= 0.3 is 0 Å². The minimum atomic E-state index is -1.45. The quantitative estimate of drug-likeness (QED) is 0.0172. The van der Waals surface area contributed by atoms with Crippen LogP contribution in [0.5, 0.6) is 23.0 Å². The number of anilines is 6. The predicted molar refractivity (Wildman–Crippen MR) is 386 cm³/mol. The monoisotopic (exact) mass is 1560 g/mol. The number of hydrogen-bond donors (Lipinski definition) is 25.